The summed E-state index contributed by atoms with van der Waals surface area (Å²) in [4.78, 5) is 4.38. The molecule has 3 aromatic heterocycles. The Labute approximate surface area is 192 Å². The second kappa shape index (κ2) is 7.61. The van der Waals surface area contributed by atoms with E-state index in [-0.39, 0.29) is 12.5 Å². The number of hydrogen-bond acceptors (Lipinski definition) is 7. The summed E-state index contributed by atoms with van der Waals surface area (Å²) in [5.41, 5.74) is 14.2. The van der Waals surface area contributed by atoms with Gasteiger partial charge < -0.3 is 26.4 Å². The maximum absolute atomic E-state index is 10.9. The van der Waals surface area contributed by atoms with Gasteiger partial charge in [0, 0.05) is 34.7 Å². The van der Waals surface area contributed by atoms with Gasteiger partial charge in [0.1, 0.15) is 11.6 Å². The van der Waals surface area contributed by atoms with E-state index >= 15 is 0 Å². The van der Waals surface area contributed by atoms with E-state index in [2.05, 4.69) is 26.0 Å². The van der Waals surface area contributed by atoms with Gasteiger partial charge in [-0.05, 0) is 58.7 Å². The molecule has 0 amide bonds. The lowest BCUT2D eigenvalue weighted by atomic mass is 9.86. The topological polar surface area (TPSA) is 132 Å². The third kappa shape index (κ3) is 3.37. The lowest BCUT2D eigenvalue weighted by Gasteiger charge is -2.28. The van der Waals surface area contributed by atoms with Gasteiger partial charge in [0.2, 0.25) is 0 Å². The number of hydrogen-bond donors (Lipinski definition) is 4. The summed E-state index contributed by atoms with van der Waals surface area (Å²) in [5, 5.41) is 27.1. The molecule has 5 rings (SSSR count). The number of rotatable bonds is 4. The number of pyridine rings is 1. The second-order valence-electron chi connectivity index (χ2n) is 8.74. The Morgan fingerprint density at radius 3 is 2.81 bits per heavy atom. The van der Waals surface area contributed by atoms with Crippen LogP contribution in [0.2, 0.25) is 0 Å². The van der Waals surface area contributed by atoms with Gasteiger partial charge in [-0.1, -0.05) is 6.92 Å². The molecular formula is C23H24BrN5O3. The number of benzene rings is 1. The van der Waals surface area contributed by atoms with E-state index < -0.39 is 17.6 Å². The molecule has 32 heavy (non-hydrogen) atoms. The molecule has 1 aliphatic rings. The van der Waals surface area contributed by atoms with Gasteiger partial charge >= 0.3 is 0 Å². The second-order valence-corrected chi connectivity index (χ2v) is 9.59. The van der Waals surface area contributed by atoms with Crippen molar-refractivity contribution in [3.05, 3.63) is 58.8 Å². The van der Waals surface area contributed by atoms with Crippen molar-refractivity contribution in [3.63, 3.8) is 0 Å². The minimum absolute atomic E-state index is 0.234. The molecule has 0 saturated heterocycles. The molecule has 0 bridgehead atoms. The van der Waals surface area contributed by atoms with Crippen LogP contribution in [0.1, 0.15) is 25.0 Å². The average Bonchev–Trinajstić information content (AvgIpc) is 3.29. The zero-order chi connectivity index (χ0) is 22.6. The van der Waals surface area contributed by atoms with E-state index in [0.717, 1.165) is 26.6 Å². The fraction of sp³-hybridized carbons (Fsp3) is 0.304. The quantitative estimate of drug-likeness (QED) is 0.340. The Morgan fingerprint density at radius 1 is 1.19 bits per heavy atom. The van der Waals surface area contributed by atoms with Crippen LogP contribution in [0, 0.1) is 5.41 Å². The van der Waals surface area contributed by atoms with Crippen LogP contribution in [0.25, 0.3) is 16.4 Å². The minimum Gasteiger partial charge on any atom is -0.493 e. The van der Waals surface area contributed by atoms with Crippen LogP contribution < -0.4 is 16.2 Å². The van der Waals surface area contributed by atoms with E-state index in [1.807, 2.05) is 43.3 Å². The maximum Gasteiger partial charge on any atom is 0.138 e. The summed E-state index contributed by atoms with van der Waals surface area (Å²) in [6.45, 7) is 2.16. The van der Waals surface area contributed by atoms with Gasteiger partial charge in [-0.25, -0.2) is 9.50 Å². The Balaban J connectivity index is 1.38. The van der Waals surface area contributed by atoms with Gasteiger partial charge in [-0.3, -0.25) is 0 Å². The Morgan fingerprint density at radius 2 is 2.00 bits per heavy atom. The number of aliphatic hydroxyl groups excluding tert-OH is 2. The van der Waals surface area contributed by atoms with Crippen molar-refractivity contribution in [2.75, 3.05) is 18.1 Å². The van der Waals surface area contributed by atoms with Crippen LogP contribution in [-0.4, -0.2) is 43.6 Å². The van der Waals surface area contributed by atoms with Crippen LogP contribution in [0.5, 0.6) is 5.75 Å². The highest BCUT2D eigenvalue weighted by Crippen LogP contribution is 2.47. The summed E-state index contributed by atoms with van der Waals surface area (Å²) >= 11 is 3.39. The summed E-state index contributed by atoms with van der Waals surface area (Å²) in [7, 11) is 0. The first-order chi connectivity index (χ1) is 15.3. The zero-order valence-electron chi connectivity index (χ0n) is 17.4. The zero-order valence-corrected chi connectivity index (χ0v) is 19.0. The largest absolute Gasteiger partial charge is 0.493 e. The summed E-state index contributed by atoms with van der Waals surface area (Å²) in [6.07, 6.45) is 0.263. The van der Waals surface area contributed by atoms with Crippen molar-refractivity contribution in [2.45, 2.75) is 31.5 Å². The third-order valence-electron chi connectivity index (χ3n) is 6.47. The molecule has 4 aromatic rings. The number of halogens is 1. The molecule has 1 aromatic carbocycles. The number of nitrogen functional groups attached to an aromatic ring is 2. The Kier molecular flexibility index (Phi) is 4.99. The molecular weight excluding hydrogens is 474 g/mol. The molecule has 1 aliphatic carbocycles. The monoisotopic (exact) mass is 497 g/mol. The van der Waals surface area contributed by atoms with E-state index in [0.29, 0.717) is 23.7 Å². The summed E-state index contributed by atoms with van der Waals surface area (Å²) < 4.78 is 8.54. The predicted molar refractivity (Wildman–Crippen MR) is 126 cm³/mol. The third-order valence-corrected chi connectivity index (χ3v) is 7.11. The Bertz CT molecular complexity index is 1330. The molecule has 0 aliphatic heterocycles. The van der Waals surface area contributed by atoms with Crippen LogP contribution in [-0.2, 0) is 0 Å². The van der Waals surface area contributed by atoms with Crippen LogP contribution in [0.4, 0.5) is 11.5 Å². The van der Waals surface area contributed by atoms with Crippen molar-refractivity contribution in [2.24, 2.45) is 5.41 Å². The van der Waals surface area contributed by atoms with Gasteiger partial charge in [0.05, 0.1) is 40.0 Å². The normalized spacial score (nSPS) is 25.6. The van der Waals surface area contributed by atoms with E-state index in [4.69, 9.17) is 16.2 Å². The van der Waals surface area contributed by atoms with Crippen LogP contribution in [0.15, 0.2) is 53.1 Å². The van der Waals surface area contributed by atoms with E-state index in [1.165, 1.54) is 0 Å². The first-order valence-electron chi connectivity index (χ1n) is 10.3. The lowest BCUT2D eigenvalue weighted by molar-refractivity contribution is -0.0338. The molecule has 166 valence electrons. The number of fused-ring (bicyclic) bond motifs is 2. The lowest BCUT2D eigenvalue weighted by Crippen LogP contribution is -2.38. The molecule has 9 heteroatoms. The van der Waals surface area contributed by atoms with Crippen molar-refractivity contribution in [3.8, 4) is 5.75 Å². The first-order valence-corrected chi connectivity index (χ1v) is 11.1. The minimum atomic E-state index is -0.954. The number of aliphatic hydroxyl groups is 2. The molecule has 8 nitrogen and oxygen atoms in total. The average molecular weight is 498 g/mol. The number of nitrogens with zero attached hydrogens (tertiary/aromatic N) is 3. The van der Waals surface area contributed by atoms with Gasteiger partial charge in [0.15, 0.2) is 0 Å². The Hall–Kier alpha value is -2.88. The molecule has 3 heterocycles. The number of ether oxygens (including phenoxy) is 1. The maximum atomic E-state index is 10.9. The molecule has 4 atom stereocenters. The highest BCUT2D eigenvalue weighted by atomic mass is 79.9. The van der Waals surface area contributed by atoms with Gasteiger partial charge in [-0.15, -0.1) is 0 Å². The number of aromatic nitrogens is 3. The van der Waals surface area contributed by atoms with E-state index in [9.17, 15) is 10.2 Å². The van der Waals surface area contributed by atoms with Crippen LogP contribution >= 0.6 is 15.9 Å². The number of nitrogens with two attached hydrogens (primary N) is 2. The molecule has 0 spiro atoms. The van der Waals surface area contributed by atoms with Gasteiger partial charge in [0.25, 0.3) is 0 Å². The molecule has 1 fully saturated rings. The predicted octanol–water partition coefficient (Wildman–Crippen LogP) is 3.10. The highest BCUT2D eigenvalue weighted by molar-refractivity contribution is 9.10. The smallest absolute Gasteiger partial charge is 0.138 e. The standard InChI is InChI=1S/C23H24BrN5O3/c1-23(11-32-13-3-2-12-8-15(24)22(26)28-17(12)9-13)10-14(20(30)21(23)31)18-4-5-19-16(25)6-7-27-29(18)19/h2-9,14,20-21,30-31H,10-11,25H2,1H3,(H2,26,28)/t14-,20-,21-,23+/m0/s1. The van der Waals surface area contributed by atoms with Crippen molar-refractivity contribution in [1.29, 1.82) is 0 Å². The summed E-state index contributed by atoms with van der Waals surface area (Å²) in [6, 6.07) is 13.0. The molecule has 1 saturated carbocycles. The van der Waals surface area contributed by atoms with Crippen molar-refractivity contribution < 1.29 is 14.9 Å². The highest BCUT2D eigenvalue weighted by Gasteiger charge is 2.51. The van der Waals surface area contributed by atoms with Crippen LogP contribution in [0.3, 0.4) is 0 Å². The van der Waals surface area contributed by atoms with E-state index in [1.54, 1.807) is 16.8 Å². The molecule has 0 radical (unpaired) electrons. The fourth-order valence-electron chi connectivity index (χ4n) is 4.61. The number of anilines is 2. The first kappa shape index (κ1) is 21.0. The van der Waals surface area contributed by atoms with Crippen molar-refractivity contribution in [1.82, 2.24) is 14.6 Å². The van der Waals surface area contributed by atoms with Crippen molar-refractivity contribution >= 4 is 43.9 Å². The molecule has 6 N–H and O–H groups in total. The summed E-state index contributed by atoms with van der Waals surface area (Å²) in [5.74, 6) is 0.735. The van der Waals surface area contributed by atoms with Gasteiger partial charge in [-0.2, -0.15) is 5.10 Å². The molecule has 0 unspecified atom stereocenters. The fourth-order valence-corrected chi connectivity index (χ4v) is 4.95. The SMILES string of the molecule is C[C@]1(COc2ccc3cc(Br)c(N)nc3c2)C[C@@H](c2ccc3c(N)ccnn23)[C@H](O)[C@@H]1O.